The van der Waals surface area contributed by atoms with Gasteiger partial charge in [0.15, 0.2) is 4.67 Å². The van der Waals surface area contributed by atoms with Crippen LogP contribution in [0.3, 0.4) is 0 Å². The quantitative estimate of drug-likeness (QED) is 0.733. The SMILES string of the molecule is CN(C)Cc1ccc(Br)o1. The van der Waals surface area contributed by atoms with E-state index in [0.717, 1.165) is 17.0 Å². The normalized spacial score (nSPS) is 10.8. The van der Waals surface area contributed by atoms with Gasteiger partial charge in [-0.15, -0.1) is 0 Å². The van der Waals surface area contributed by atoms with E-state index in [1.807, 2.05) is 26.2 Å². The molecule has 0 saturated carbocycles. The monoisotopic (exact) mass is 203 g/mol. The molecule has 0 spiro atoms. The number of halogens is 1. The Morgan fingerprint density at radius 1 is 1.50 bits per heavy atom. The van der Waals surface area contributed by atoms with E-state index in [4.69, 9.17) is 4.42 Å². The maximum absolute atomic E-state index is 5.27. The van der Waals surface area contributed by atoms with Crippen molar-refractivity contribution in [1.29, 1.82) is 0 Å². The minimum Gasteiger partial charge on any atom is -0.453 e. The molecule has 3 heteroatoms. The van der Waals surface area contributed by atoms with Crippen LogP contribution in [0.4, 0.5) is 0 Å². The molecule has 2 nitrogen and oxygen atoms in total. The van der Waals surface area contributed by atoms with Gasteiger partial charge in [0, 0.05) is 0 Å². The van der Waals surface area contributed by atoms with Crippen molar-refractivity contribution >= 4 is 15.9 Å². The molecule has 1 aromatic heterocycles. The fourth-order valence-corrected chi connectivity index (χ4v) is 1.09. The van der Waals surface area contributed by atoms with Crippen molar-refractivity contribution in [1.82, 2.24) is 4.90 Å². The first-order valence-electron chi connectivity index (χ1n) is 3.07. The molecule has 0 aliphatic heterocycles. The Morgan fingerprint density at radius 2 is 2.20 bits per heavy atom. The number of rotatable bonds is 2. The maximum atomic E-state index is 5.27. The van der Waals surface area contributed by atoms with Crippen molar-refractivity contribution in [2.24, 2.45) is 0 Å². The average Bonchev–Trinajstić information content (AvgIpc) is 2.13. The van der Waals surface area contributed by atoms with Gasteiger partial charge >= 0.3 is 0 Å². The average molecular weight is 204 g/mol. The lowest BCUT2D eigenvalue weighted by atomic mass is 10.4. The number of hydrogen-bond acceptors (Lipinski definition) is 2. The van der Waals surface area contributed by atoms with E-state index >= 15 is 0 Å². The Balaban J connectivity index is 2.58. The molecule has 0 N–H and O–H groups in total. The molecule has 0 unspecified atom stereocenters. The zero-order chi connectivity index (χ0) is 7.56. The van der Waals surface area contributed by atoms with Gasteiger partial charge in [-0.3, -0.25) is 0 Å². The van der Waals surface area contributed by atoms with Crippen LogP contribution in [-0.2, 0) is 6.54 Å². The van der Waals surface area contributed by atoms with Crippen molar-refractivity contribution in [3.8, 4) is 0 Å². The van der Waals surface area contributed by atoms with Crippen LogP contribution in [0, 0.1) is 0 Å². The minimum absolute atomic E-state index is 0.796. The summed E-state index contributed by atoms with van der Waals surface area (Å²) in [6.07, 6.45) is 0. The fourth-order valence-electron chi connectivity index (χ4n) is 0.748. The highest BCUT2D eigenvalue weighted by Crippen LogP contribution is 2.14. The van der Waals surface area contributed by atoms with Gasteiger partial charge < -0.3 is 9.32 Å². The molecule has 1 aromatic rings. The summed E-state index contributed by atoms with van der Waals surface area (Å²) in [4.78, 5) is 2.06. The van der Waals surface area contributed by atoms with E-state index in [0.29, 0.717) is 0 Å². The molecule has 0 fully saturated rings. The smallest absolute Gasteiger partial charge is 0.169 e. The van der Waals surface area contributed by atoms with Crippen molar-refractivity contribution in [3.63, 3.8) is 0 Å². The zero-order valence-electron chi connectivity index (χ0n) is 6.10. The van der Waals surface area contributed by atoms with E-state index in [1.165, 1.54) is 0 Å². The second-order valence-electron chi connectivity index (χ2n) is 2.44. The number of hydrogen-bond donors (Lipinski definition) is 0. The van der Waals surface area contributed by atoms with E-state index in [9.17, 15) is 0 Å². The summed E-state index contributed by atoms with van der Waals surface area (Å²) >= 11 is 3.24. The molecule has 0 aromatic carbocycles. The van der Waals surface area contributed by atoms with Crippen LogP contribution < -0.4 is 0 Å². The maximum Gasteiger partial charge on any atom is 0.169 e. The standard InChI is InChI=1S/C7H10BrNO/c1-9(2)5-6-3-4-7(8)10-6/h3-4H,5H2,1-2H3. The summed E-state index contributed by atoms with van der Waals surface area (Å²) in [6.45, 7) is 0.853. The molecular formula is C7H10BrNO. The summed E-state index contributed by atoms with van der Waals surface area (Å²) < 4.78 is 6.06. The van der Waals surface area contributed by atoms with Gasteiger partial charge in [-0.2, -0.15) is 0 Å². The molecule has 1 heterocycles. The van der Waals surface area contributed by atoms with Gasteiger partial charge in [-0.05, 0) is 42.2 Å². The summed E-state index contributed by atoms with van der Waals surface area (Å²) in [6, 6.07) is 3.86. The number of furan rings is 1. The molecule has 0 radical (unpaired) electrons. The Labute approximate surface area is 68.9 Å². The van der Waals surface area contributed by atoms with Crippen molar-refractivity contribution < 1.29 is 4.42 Å². The Morgan fingerprint density at radius 3 is 2.60 bits per heavy atom. The molecule has 0 aliphatic carbocycles. The minimum atomic E-state index is 0.796. The summed E-state index contributed by atoms with van der Waals surface area (Å²) in [7, 11) is 4.02. The van der Waals surface area contributed by atoms with Gasteiger partial charge in [0.2, 0.25) is 0 Å². The Bertz CT molecular complexity index is 207. The third-order valence-electron chi connectivity index (χ3n) is 1.10. The van der Waals surface area contributed by atoms with Gasteiger partial charge in [-0.1, -0.05) is 0 Å². The lowest BCUT2D eigenvalue weighted by molar-refractivity contribution is 0.346. The van der Waals surface area contributed by atoms with E-state index in [-0.39, 0.29) is 0 Å². The van der Waals surface area contributed by atoms with E-state index in [2.05, 4.69) is 20.8 Å². The van der Waals surface area contributed by atoms with Crippen molar-refractivity contribution in [3.05, 3.63) is 22.6 Å². The Kier molecular flexibility index (Phi) is 2.51. The predicted octanol–water partition coefficient (Wildman–Crippen LogP) is 2.10. The molecule has 10 heavy (non-hydrogen) atoms. The topological polar surface area (TPSA) is 16.4 Å². The van der Waals surface area contributed by atoms with E-state index < -0.39 is 0 Å². The molecule has 0 amide bonds. The van der Waals surface area contributed by atoms with Gasteiger partial charge in [-0.25, -0.2) is 0 Å². The first-order chi connectivity index (χ1) is 4.68. The highest BCUT2D eigenvalue weighted by atomic mass is 79.9. The van der Waals surface area contributed by atoms with Crippen LogP contribution in [0.15, 0.2) is 21.2 Å². The zero-order valence-corrected chi connectivity index (χ0v) is 7.68. The number of nitrogens with zero attached hydrogens (tertiary/aromatic N) is 1. The van der Waals surface area contributed by atoms with Gasteiger partial charge in [0.05, 0.1) is 6.54 Å². The predicted molar refractivity (Wildman–Crippen MR) is 43.8 cm³/mol. The van der Waals surface area contributed by atoms with Crippen molar-refractivity contribution in [2.75, 3.05) is 14.1 Å². The molecule has 56 valence electrons. The summed E-state index contributed by atoms with van der Waals surface area (Å²) in [5.74, 6) is 0.983. The van der Waals surface area contributed by atoms with Crippen LogP contribution in [0.2, 0.25) is 0 Å². The third-order valence-corrected chi connectivity index (χ3v) is 1.53. The first kappa shape index (κ1) is 7.82. The second-order valence-corrected chi connectivity index (χ2v) is 3.23. The Hall–Kier alpha value is -0.280. The lowest BCUT2D eigenvalue weighted by Crippen LogP contribution is -2.09. The molecule has 0 aliphatic rings. The summed E-state index contributed by atoms with van der Waals surface area (Å²) in [5.41, 5.74) is 0. The van der Waals surface area contributed by atoms with Crippen LogP contribution in [0.25, 0.3) is 0 Å². The van der Waals surface area contributed by atoms with Gasteiger partial charge in [0.1, 0.15) is 5.76 Å². The van der Waals surface area contributed by atoms with E-state index in [1.54, 1.807) is 0 Å². The van der Waals surface area contributed by atoms with Crippen LogP contribution in [0.5, 0.6) is 0 Å². The van der Waals surface area contributed by atoms with Crippen LogP contribution >= 0.6 is 15.9 Å². The van der Waals surface area contributed by atoms with Crippen LogP contribution in [0.1, 0.15) is 5.76 Å². The largest absolute Gasteiger partial charge is 0.453 e. The van der Waals surface area contributed by atoms with Crippen molar-refractivity contribution in [2.45, 2.75) is 6.54 Å². The van der Waals surface area contributed by atoms with Crippen LogP contribution in [-0.4, -0.2) is 19.0 Å². The molecule has 0 bridgehead atoms. The third kappa shape index (κ3) is 2.15. The highest BCUT2D eigenvalue weighted by Gasteiger charge is 1.98. The molecule has 0 atom stereocenters. The summed E-state index contributed by atoms with van der Waals surface area (Å²) in [5, 5.41) is 0. The van der Waals surface area contributed by atoms with Gasteiger partial charge in [0.25, 0.3) is 0 Å². The molecule has 0 saturated heterocycles. The fraction of sp³-hybridized carbons (Fsp3) is 0.429. The highest BCUT2D eigenvalue weighted by molar-refractivity contribution is 9.10. The second kappa shape index (κ2) is 3.21. The first-order valence-corrected chi connectivity index (χ1v) is 3.87. The molecular weight excluding hydrogens is 194 g/mol. The lowest BCUT2D eigenvalue weighted by Gasteiger charge is -2.04. The molecule has 1 rings (SSSR count).